The van der Waals surface area contributed by atoms with Gasteiger partial charge < -0.3 is 4.74 Å². The molecule has 0 N–H and O–H groups in total. The van der Waals surface area contributed by atoms with Gasteiger partial charge in [-0.15, -0.1) is 11.8 Å². The Morgan fingerprint density at radius 2 is 1.85 bits per heavy atom. The van der Waals surface area contributed by atoms with Gasteiger partial charge in [-0.05, 0) is 20.8 Å². The highest BCUT2D eigenvalue weighted by Crippen LogP contribution is 2.22. The number of carbonyl (C=O) groups excluding carboxylic acids is 1. The van der Waals surface area contributed by atoms with Crippen LogP contribution >= 0.6 is 11.8 Å². The lowest BCUT2D eigenvalue weighted by atomic mass is 10.2. The number of thioether (sulfide) groups is 1. The molecule has 0 aromatic rings. The van der Waals surface area contributed by atoms with Gasteiger partial charge in [0.05, 0.1) is 4.91 Å². The summed E-state index contributed by atoms with van der Waals surface area (Å²) in [4.78, 5) is 11.8. The normalized spacial score (nSPS) is 11.5. The Bertz CT molecular complexity index is 201. The van der Waals surface area contributed by atoms with Crippen LogP contribution in [0.4, 0.5) is 0 Å². The molecule has 13 heavy (non-hydrogen) atoms. The second-order valence-corrected chi connectivity index (χ2v) is 5.76. The minimum absolute atomic E-state index is 0.314. The van der Waals surface area contributed by atoms with Crippen molar-refractivity contribution in [1.29, 1.82) is 0 Å². The van der Waals surface area contributed by atoms with Crippen LogP contribution in [-0.4, -0.2) is 16.8 Å². The standard InChI is InChI=1S/C10H18O2S/c1-7(2)13-8(3)9(11)12-10(4,5)6/h7H,3H2,1-2,4-6H3. The molecule has 0 amide bonds. The van der Waals surface area contributed by atoms with Gasteiger partial charge in [0.25, 0.3) is 0 Å². The molecule has 0 aliphatic heterocycles. The van der Waals surface area contributed by atoms with Crippen LogP contribution in [0.1, 0.15) is 34.6 Å². The number of hydrogen-bond acceptors (Lipinski definition) is 3. The lowest BCUT2D eigenvalue weighted by molar-refractivity contribution is -0.148. The Labute approximate surface area is 84.7 Å². The molecule has 0 saturated heterocycles. The zero-order chi connectivity index (χ0) is 10.6. The molecule has 0 heterocycles. The van der Waals surface area contributed by atoms with E-state index in [1.807, 2.05) is 34.6 Å². The van der Waals surface area contributed by atoms with Gasteiger partial charge in [0.2, 0.25) is 0 Å². The SMILES string of the molecule is C=C(SC(C)C)C(=O)OC(C)(C)C. The van der Waals surface area contributed by atoms with Crippen molar-refractivity contribution in [2.24, 2.45) is 0 Å². The fraction of sp³-hybridized carbons (Fsp3) is 0.700. The first kappa shape index (κ1) is 12.6. The predicted molar refractivity (Wildman–Crippen MR) is 57.7 cm³/mol. The fourth-order valence-electron chi connectivity index (χ4n) is 0.668. The zero-order valence-electron chi connectivity index (χ0n) is 9.01. The van der Waals surface area contributed by atoms with E-state index in [4.69, 9.17) is 4.74 Å². The number of ether oxygens (including phenoxy) is 1. The Kier molecular flexibility index (Phi) is 4.54. The Hall–Kier alpha value is -0.440. The van der Waals surface area contributed by atoms with E-state index in [0.717, 1.165) is 0 Å². The van der Waals surface area contributed by atoms with Gasteiger partial charge in [0.1, 0.15) is 5.60 Å². The third-order valence-electron chi connectivity index (χ3n) is 1.00. The first-order chi connectivity index (χ1) is 5.72. The predicted octanol–water partition coefficient (Wildman–Crippen LogP) is 2.98. The minimum Gasteiger partial charge on any atom is -0.456 e. The van der Waals surface area contributed by atoms with Gasteiger partial charge in [-0.1, -0.05) is 20.4 Å². The van der Waals surface area contributed by atoms with Crippen LogP contribution in [0.5, 0.6) is 0 Å². The van der Waals surface area contributed by atoms with E-state index in [1.54, 1.807) is 0 Å². The zero-order valence-corrected chi connectivity index (χ0v) is 9.83. The number of rotatable bonds is 3. The van der Waals surface area contributed by atoms with Crippen molar-refractivity contribution in [2.45, 2.75) is 45.5 Å². The van der Waals surface area contributed by atoms with Crippen molar-refractivity contribution in [1.82, 2.24) is 0 Å². The third kappa shape index (κ3) is 6.70. The summed E-state index contributed by atoms with van der Waals surface area (Å²) in [5.74, 6) is -0.314. The molecule has 0 spiro atoms. The molecule has 0 aliphatic carbocycles. The second kappa shape index (κ2) is 4.70. The quantitative estimate of drug-likeness (QED) is 0.520. The van der Waals surface area contributed by atoms with Crippen molar-refractivity contribution in [2.75, 3.05) is 0 Å². The molecular formula is C10H18O2S. The van der Waals surface area contributed by atoms with Crippen LogP contribution in [0.2, 0.25) is 0 Å². The topological polar surface area (TPSA) is 26.3 Å². The third-order valence-corrected chi connectivity index (χ3v) is 1.93. The first-order valence-corrected chi connectivity index (χ1v) is 5.19. The minimum atomic E-state index is -0.433. The number of hydrogen-bond donors (Lipinski definition) is 0. The van der Waals surface area contributed by atoms with E-state index in [-0.39, 0.29) is 5.97 Å². The van der Waals surface area contributed by atoms with Gasteiger partial charge in [0.15, 0.2) is 0 Å². The van der Waals surface area contributed by atoms with E-state index >= 15 is 0 Å². The van der Waals surface area contributed by atoms with Crippen molar-refractivity contribution >= 4 is 17.7 Å². The number of esters is 1. The van der Waals surface area contributed by atoms with Crippen LogP contribution < -0.4 is 0 Å². The highest BCUT2D eigenvalue weighted by Gasteiger charge is 2.19. The molecule has 3 heteroatoms. The van der Waals surface area contributed by atoms with Crippen molar-refractivity contribution < 1.29 is 9.53 Å². The Morgan fingerprint density at radius 1 is 1.38 bits per heavy atom. The molecule has 0 radical (unpaired) electrons. The maximum absolute atomic E-state index is 11.4. The van der Waals surface area contributed by atoms with E-state index < -0.39 is 5.60 Å². The molecule has 0 aromatic heterocycles. The summed E-state index contributed by atoms with van der Waals surface area (Å²) in [6.45, 7) is 13.2. The first-order valence-electron chi connectivity index (χ1n) is 4.31. The van der Waals surface area contributed by atoms with Crippen molar-refractivity contribution in [3.63, 3.8) is 0 Å². The second-order valence-electron chi connectivity index (χ2n) is 4.09. The van der Waals surface area contributed by atoms with Crippen LogP contribution in [0.15, 0.2) is 11.5 Å². The van der Waals surface area contributed by atoms with Crippen LogP contribution in [-0.2, 0) is 9.53 Å². The van der Waals surface area contributed by atoms with Gasteiger partial charge >= 0.3 is 5.97 Å². The maximum Gasteiger partial charge on any atom is 0.344 e. The summed E-state index contributed by atoms with van der Waals surface area (Å²) < 4.78 is 5.14. The lowest BCUT2D eigenvalue weighted by Gasteiger charge is -2.20. The molecule has 0 fully saturated rings. The summed E-state index contributed by atoms with van der Waals surface area (Å²) in [5.41, 5.74) is -0.433. The van der Waals surface area contributed by atoms with E-state index in [1.165, 1.54) is 11.8 Å². The molecule has 0 bridgehead atoms. The molecule has 0 aliphatic rings. The fourth-order valence-corrected chi connectivity index (χ4v) is 1.37. The average molecular weight is 202 g/mol. The molecule has 0 rings (SSSR count). The highest BCUT2D eigenvalue weighted by atomic mass is 32.2. The van der Waals surface area contributed by atoms with Crippen molar-refractivity contribution in [3.05, 3.63) is 11.5 Å². The monoisotopic (exact) mass is 202 g/mol. The summed E-state index contributed by atoms with van der Waals surface area (Å²) in [7, 11) is 0. The van der Waals surface area contributed by atoms with E-state index in [9.17, 15) is 4.79 Å². The van der Waals surface area contributed by atoms with Crippen LogP contribution in [0.3, 0.4) is 0 Å². The molecule has 0 atom stereocenters. The van der Waals surface area contributed by atoms with E-state index in [2.05, 4.69) is 6.58 Å². The smallest absolute Gasteiger partial charge is 0.344 e. The van der Waals surface area contributed by atoms with Gasteiger partial charge in [-0.3, -0.25) is 0 Å². The highest BCUT2D eigenvalue weighted by molar-refractivity contribution is 8.04. The largest absolute Gasteiger partial charge is 0.456 e. The summed E-state index contributed by atoms with van der Waals surface area (Å²) >= 11 is 1.43. The molecular weight excluding hydrogens is 184 g/mol. The van der Waals surface area contributed by atoms with Gasteiger partial charge in [-0.2, -0.15) is 0 Å². The summed E-state index contributed by atoms with van der Waals surface area (Å²) in [5, 5.41) is 0.361. The van der Waals surface area contributed by atoms with Crippen LogP contribution in [0, 0.1) is 0 Å². The number of carbonyl (C=O) groups is 1. The summed E-state index contributed by atoms with van der Waals surface area (Å²) in [6.07, 6.45) is 0. The van der Waals surface area contributed by atoms with Gasteiger partial charge in [-0.25, -0.2) is 4.79 Å². The molecule has 0 unspecified atom stereocenters. The molecule has 0 aromatic carbocycles. The van der Waals surface area contributed by atoms with Gasteiger partial charge in [0, 0.05) is 5.25 Å². The Balaban J connectivity index is 4.06. The van der Waals surface area contributed by atoms with Crippen molar-refractivity contribution in [3.8, 4) is 0 Å². The lowest BCUT2D eigenvalue weighted by Crippen LogP contribution is -2.24. The molecule has 0 saturated carbocycles. The average Bonchev–Trinajstić information content (AvgIpc) is 1.81. The Morgan fingerprint density at radius 3 is 2.15 bits per heavy atom. The summed E-state index contributed by atoms with van der Waals surface area (Å²) in [6, 6.07) is 0. The van der Waals surface area contributed by atoms with E-state index in [0.29, 0.717) is 10.2 Å². The molecule has 2 nitrogen and oxygen atoms in total. The maximum atomic E-state index is 11.4. The van der Waals surface area contributed by atoms with Crippen LogP contribution in [0.25, 0.3) is 0 Å². The molecule has 76 valence electrons.